The van der Waals surface area contributed by atoms with Crippen molar-refractivity contribution in [2.24, 2.45) is 0 Å². The van der Waals surface area contributed by atoms with E-state index in [1.165, 1.54) is 0 Å². The first-order valence-corrected chi connectivity index (χ1v) is 6.36. The zero-order valence-corrected chi connectivity index (χ0v) is 11.2. The topological polar surface area (TPSA) is 50.1 Å². The van der Waals surface area contributed by atoms with Gasteiger partial charge in [0, 0.05) is 12.0 Å². The average Bonchev–Trinajstić information content (AvgIpc) is 2.53. The molecule has 20 heavy (non-hydrogen) atoms. The summed E-state index contributed by atoms with van der Waals surface area (Å²) in [5.41, 5.74) is 1.43. The minimum absolute atomic E-state index is 0.0587. The Morgan fingerprint density at radius 2 is 1.95 bits per heavy atom. The van der Waals surface area contributed by atoms with Gasteiger partial charge in [0.15, 0.2) is 5.78 Å². The number of ketones is 1. The summed E-state index contributed by atoms with van der Waals surface area (Å²) in [5.74, 6) is 0.143. The van der Waals surface area contributed by atoms with Crippen LogP contribution >= 0.6 is 0 Å². The summed E-state index contributed by atoms with van der Waals surface area (Å²) in [5, 5.41) is 8.97. The number of rotatable bonds is 5. The highest BCUT2D eigenvalue weighted by atomic mass is 16.5. The van der Waals surface area contributed by atoms with Crippen molar-refractivity contribution in [3.05, 3.63) is 65.7 Å². The van der Waals surface area contributed by atoms with Crippen molar-refractivity contribution in [2.45, 2.75) is 12.3 Å². The standard InChI is InChI=1S/C17H15NO2/c1-20-15-9-5-8-14(12-15)17(19)16(10-11-18)13-6-3-2-4-7-13/h2-9,12,16H,10H2,1H3/t16-/m1/s1. The molecule has 0 N–H and O–H groups in total. The number of carbonyl (C=O) groups is 1. The Balaban J connectivity index is 2.34. The average molecular weight is 265 g/mol. The molecule has 0 amide bonds. The molecule has 0 spiro atoms. The first-order valence-electron chi connectivity index (χ1n) is 6.36. The largest absolute Gasteiger partial charge is 0.497 e. The minimum Gasteiger partial charge on any atom is -0.497 e. The molecule has 0 bridgehead atoms. The van der Waals surface area contributed by atoms with Gasteiger partial charge in [-0.3, -0.25) is 4.79 Å². The van der Waals surface area contributed by atoms with Crippen molar-refractivity contribution in [1.29, 1.82) is 5.26 Å². The lowest BCUT2D eigenvalue weighted by molar-refractivity contribution is 0.0960. The zero-order chi connectivity index (χ0) is 14.4. The molecule has 0 aliphatic rings. The maximum atomic E-state index is 12.6. The number of ether oxygens (including phenoxy) is 1. The van der Waals surface area contributed by atoms with Gasteiger partial charge in [-0.2, -0.15) is 5.26 Å². The Morgan fingerprint density at radius 3 is 2.60 bits per heavy atom. The maximum Gasteiger partial charge on any atom is 0.171 e. The van der Waals surface area contributed by atoms with Crippen molar-refractivity contribution in [3.63, 3.8) is 0 Å². The fourth-order valence-electron chi connectivity index (χ4n) is 2.12. The first-order chi connectivity index (χ1) is 9.76. The maximum absolute atomic E-state index is 12.6. The van der Waals surface area contributed by atoms with Crippen LogP contribution in [0.25, 0.3) is 0 Å². The van der Waals surface area contributed by atoms with Crippen LogP contribution in [0.5, 0.6) is 5.75 Å². The normalized spacial score (nSPS) is 11.4. The van der Waals surface area contributed by atoms with Gasteiger partial charge in [0.05, 0.1) is 19.1 Å². The van der Waals surface area contributed by atoms with Crippen LogP contribution in [-0.2, 0) is 0 Å². The third kappa shape index (κ3) is 3.04. The second-order valence-corrected chi connectivity index (χ2v) is 4.42. The van der Waals surface area contributed by atoms with Crippen LogP contribution in [0.1, 0.15) is 28.3 Å². The van der Waals surface area contributed by atoms with E-state index in [9.17, 15) is 4.79 Å². The van der Waals surface area contributed by atoms with Gasteiger partial charge in [-0.15, -0.1) is 0 Å². The molecule has 0 saturated heterocycles. The van der Waals surface area contributed by atoms with Crippen molar-refractivity contribution < 1.29 is 9.53 Å². The summed E-state index contributed by atoms with van der Waals surface area (Å²) in [7, 11) is 1.56. The Bertz CT molecular complexity index is 629. The quantitative estimate of drug-likeness (QED) is 0.776. The lowest BCUT2D eigenvalue weighted by Crippen LogP contribution is -2.12. The van der Waals surface area contributed by atoms with Crippen LogP contribution in [0.4, 0.5) is 0 Å². The van der Waals surface area contributed by atoms with Gasteiger partial charge in [-0.05, 0) is 17.7 Å². The van der Waals surface area contributed by atoms with E-state index in [2.05, 4.69) is 6.07 Å². The summed E-state index contributed by atoms with van der Waals surface area (Å²) in [4.78, 5) is 12.6. The second kappa shape index (κ2) is 6.53. The molecule has 0 aliphatic heterocycles. The van der Waals surface area contributed by atoms with Crippen molar-refractivity contribution in [3.8, 4) is 11.8 Å². The molecule has 2 aromatic carbocycles. The van der Waals surface area contributed by atoms with E-state index in [-0.39, 0.29) is 12.2 Å². The molecular weight excluding hydrogens is 250 g/mol. The number of nitrogens with zero attached hydrogens (tertiary/aromatic N) is 1. The molecule has 1 atom stereocenters. The Morgan fingerprint density at radius 1 is 1.20 bits per heavy atom. The molecule has 0 aliphatic carbocycles. The first kappa shape index (κ1) is 13.8. The molecular formula is C17H15NO2. The van der Waals surface area contributed by atoms with Gasteiger partial charge in [0.1, 0.15) is 5.75 Å². The third-order valence-electron chi connectivity index (χ3n) is 3.17. The van der Waals surface area contributed by atoms with Crippen LogP contribution < -0.4 is 4.74 Å². The lowest BCUT2D eigenvalue weighted by atomic mass is 9.88. The smallest absolute Gasteiger partial charge is 0.171 e. The fraction of sp³-hybridized carbons (Fsp3) is 0.176. The van der Waals surface area contributed by atoms with Crippen LogP contribution in [0.15, 0.2) is 54.6 Å². The number of carbonyl (C=O) groups excluding carboxylic acids is 1. The summed E-state index contributed by atoms with van der Waals surface area (Å²) < 4.78 is 5.13. The fourth-order valence-corrected chi connectivity index (χ4v) is 2.12. The number of benzene rings is 2. The van der Waals surface area contributed by atoms with E-state index < -0.39 is 5.92 Å². The van der Waals surface area contributed by atoms with Crippen LogP contribution in [-0.4, -0.2) is 12.9 Å². The number of hydrogen-bond acceptors (Lipinski definition) is 3. The Labute approximate surface area is 118 Å². The Kier molecular flexibility index (Phi) is 4.52. The predicted molar refractivity (Wildman–Crippen MR) is 76.7 cm³/mol. The molecule has 2 rings (SSSR count). The molecule has 0 aromatic heterocycles. The summed E-state index contributed by atoms with van der Waals surface area (Å²) >= 11 is 0. The highest BCUT2D eigenvalue weighted by Crippen LogP contribution is 2.25. The molecule has 0 fully saturated rings. The molecule has 0 unspecified atom stereocenters. The molecule has 3 nitrogen and oxygen atoms in total. The monoisotopic (exact) mass is 265 g/mol. The molecule has 2 aromatic rings. The highest BCUT2D eigenvalue weighted by Gasteiger charge is 2.22. The van der Waals surface area contributed by atoms with Crippen molar-refractivity contribution in [2.75, 3.05) is 7.11 Å². The van der Waals surface area contributed by atoms with E-state index in [0.29, 0.717) is 11.3 Å². The number of Topliss-reactive ketones (excluding diaryl/α,β-unsaturated/α-hetero) is 1. The van der Waals surface area contributed by atoms with E-state index >= 15 is 0 Å². The van der Waals surface area contributed by atoms with Gasteiger partial charge in [-0.25, -0.2) is 0 Å². The molecule has 0 saturated carbocycles. The van der Waals surface area contributed by atoms with Gasteiger partial charge >= 0.3 is 0 Å². The second-order valence-electron chi connectivity index (χ2n) is 4.42. The number of hydrogen-bond donors (Lipinski definition) is 0. The third-order valence-corrected chi connectivity index (χ3v) is 3.17. The van der Waals surface area contributed by atoms with E-state index in [0.717, 1.165) is 5.56 Å². The van der Waals surface area contributed by atoms with Gasteiger partial charge < -0.3 is 4.74 Å². The summed E-state index contributed by atoms with van der Waals surface area (Å²) in [6, 6.07) is 18.5. The van der Waals surface area contributed by atoms with E-state index in [1.54, 1.807) is 31.4 Å². The van der Waals surface area contributed by atoms with Crippen molar-refractivity contribution >= 4 is 5.78 Å². The van der Waals surface area contributed by atoms with E-state index in [1.807, 2.05) is 30.3 Å². The molecule has 0 radical (unpaired) electrons. The molecule has 0 heterocycles. The summed E-state index contributed by atoms with van der Waals surface area (Å²) in [6.07, 6.45) is 0.167. The lowest BCUT2D eigenvalue weighted by Gasteiger charge is -2.13. The number of nitriles is 1. The van der Waals surface area contributed by atoms with Crippen LogP contribution in [0.2, 0.25) is 0 Å². The van der Waals surface area contributed by atoms with Gasteiger partial charge in [0.25, 0.3) is 0 Å². The molecule has 100 valence electrons. The predicted octanol–water partition coefficient (Wildman–Crippen LogP) is 3.58. The SMILES string of the molecule is COc1cccc(C(=O)[C@H](CC#N)c2ccccc2)c1. The van der Waals surface area contributed by atoms with Gasteiger partial charge in [-0.1, -0.05) is 42.5 Å². The summed E-state index contributed by atoms with van der Waals surface area (Å²) in [6.45, 7) is 0. The minimum atomic E-state index is -0.437. The number of methoxy groups -OCH3 is 1. The highest BCUT2D eigenvalue weighted by molar-refractivity contribution is 6.01. The van der Waals surface area contributed by atoms with Crippen LogP contribution in [0, 0.1) is 11.3 Å². The van der Waals surface area contributed by atoms with E-state index in [4.69, 9.17) is 10.00 Å². The van der Waals surface area contributed by atoms with Crippen LogP contribution in [0.3, 0.4) is 0 Å². The molecule has 3 heteroatoms. The van der Waals surface area contributed by atoms with Crippen molar-refractivity contribution in [1.82, 2.24) is 0 Å². The Hall–Kier alpha value is -2.60. The zero-order valence-electron chi connectivity index (χ0n) is 11.2. The van der Waals surface area contributed by atoms with Gasteiger partial charge in [0.2, 0.25) is 0 Å².